The number of H-pyrrole nitrogens is 1. The van der Waals surface area contributed by atoms with Gasteiger partial charge in [0.15, 0.2) is 5.82 Å². The molecule has 0 saturated carbocycles. The van der Waals surface area contributed by atoms with Crippen LogP contribution in [0, 0.1) is 0 Å². The molecule has 0 amide bonds. The number of piperidine rings is 1. The second kappa shape index (κ2) is 3.83. The number of nitrogens with zero attached hydrogens (tertiary/aromatic N) is 4. The van der Waals surface area contributed by atoms with Crippen LogP contribution in [0.3, 0.4) is 0 Å². The number of aromatic nitrogens is 4. The summed E-state index contributed by atoms with van der Waals surface area (Å²) in [6.07, 6.45) is 2.34. The zero-order valence-corrected chi connectivity index (χ0v) is 7.90. The van der Waals surface area contributed by atoms with E-state index in [0.29, 0.717) is 5.92 Å². The third kappa shape index (κ3) is 1.85. The summed E-state index contributed by atoms with van der Waals surface area (Å²) in [5, 5.41) is 14.0. The molecular formula is C8H15N5. The molecule has 1 fully saturated rings. The highest BCUT2D eigenvalue weighted by molar-refractivity contribution is 4.93. The van der Waals surface area contributed by atoms with E-state index in [-0.39, 0.29) is 0 Å². The number of nitrogens with one attached hydrogen (secondary N) is 1. The van der Waals surface area contributed by atoms with Crippen LogP contribution < -0.4 is 0 Å². The molecule has 2 heterocycles. The van der Waals surface area contributed by atoms with Crippen molar-refractivity contribution in [2.45, 2.75) is 25.7 Å². The Kier molecular flexibility index (Phi) is 2.54. The van der Waals surface area contributed by atoms with Crippen molar-refractivity contribution in [3.8, 4) is 0 Å². The second-order valence-electron chi connectivity index (χ2n) is 3.50. The molecule has 5 heteroatoms. The standard InChI is InChI=1S/C8H15N5/c1-2-13-5-3-7(4-6-13)8-9-11-12-10-8/h7H,2-6H2,1H3,(H,9,10,11,12). The van der Waals surface area contributed by atoms with Crippen molar-refractivity contribution in [3.63, 3.8) is 0 Å². The first-order valence-corrected chi connectivity index (χ1v) is 4.86. The molecular weight excluding hydrogens is 166 g/mol. The van der Waals surface area contributed by atoms with Gasteiger partial charge in [0.05, 0.1) is 0 Å². The molecule has 0 radical (unpaired) electrons. The number of hydrogen-bond donors (Lipinski definition) is 1. The molecule has 1 aliphatic rings. The second-order valence-corrected chi connectivity index (χ2v) is 3.50. The lowest BCUT2D eigenvalue weighted by Crippen LogP contribution is -2.32. The van der Waals surface area contributed by atoms with Gasteiger partial charge in [0.1, 0.15) is 0 Å². The Balaban J connectivity index is 1.92. The Bertz CT molecular complexity index is 237. The fourth-order valence-corrected chi connectivity index (χ4v) is 1.86. The Labute approximate surface area is 77.5 Å². The first kappa shape index (κ1) is 8.62. The molecule has 1 saturated heterocycles. The van der Waals surface area contributed by atoms with Crippen LogP contribution in [0.15, 0.2) is 0 Å². The lowest BCUT2D eigenvalue weighted by atomic mass is 9.96. The lowest BCUT2D eigenvalue weighted by molar-refractivity contribution is 0.219. The van der Waals surface area contributed by atoms with Gasteiger partial charge in [-0.25, -0.2) is 5.10 Å². The van der Waals surface area contributed by atoms with E-state index in [1.165, 1.54) is 25.9 Å². The summed E-state index contributed by atoms with van der Waals surface area (Å²) in [7, 11) is 0. The molecule has 2 rings (SSSR count). The first-order chi connectivity index (χ1) is 6.40. The average molecular weight is 181 g/mol. The molecule has 0 unspecified atom stereocenters. The Morgan fingerprint density at radius 1 is 1.46 bits per heavy atom. The fourth-order valence-electron chi connectivity index (χ4n) is 1.86. The number of aromatic amines is 1. The molecule has 1 aromatic heterocycles. The Morgan fingerprint density at radius 3 is 2.77 bits per heavy atom. The predicted octanol–water partition coefficient (Wildman–Crippen LogP) is 0.399. The molecule has 1 aliphatic heterocycles. The number of hydrogen-bond acceptors (Lipinski definition) is 4. The van der Waals surface area contributed by atoms with E-state index >= 15 is 0 Å². The zero-order chi connectivity index (χ0) is 9.10. The Hall–Kier alpha value is -0.970. The van der Waals surface area contributed by atoms with Crippen molar-refractivity contribution in [3.05, 3.63) is 5.82 Å². The lowest BCUT2D eigenvalue weighted by Gasteiger charge is -2.29. The molecule has 1 aromatic rings. The van der Waals surface area contributed by atoms with Gasteiger partial charge in [-0.15, -0.1) is 5.10 Å². The molecule has 1 N–H and O–H groups in total. The van der Waals surface area contributed by atoms with Gasteiger partial charge < -0.3 is 4.90 Å². The van der Waals surface area contributed by atoms with E-state index in [4.69, 9.17) is 0 Å². The van der Waals surface area contributed by atoms with Crippen molar-refractivity contribution in [1.82, 2.24) is 25.5 Å². The van der Waals surface area contributed by atoms with Gasteiger partial charge in [0, 0.05) is 5.92 Å². The molecule has 0 bridgehead atoms. The smallest absolute Gasteiger partial charge is 0.151 e. The minimum atomic E-state index is 0.540. The van der Waals surface area contributed by atoms with Gasteiger partial charge in [0.25, 0.3) is 0 Å². The van der Waals surface area contributed by atoms with Gasteiger partial charge in [-0.3, -0.25) is 0 Å². The fraction of sp³-hybridized carbons (Fsp3) is 0.875. The molecule has 13 heavy (non-hydrogen) atoms. The highest BCUT2D eigenvalue weighted by Gasteiger charge is 2.21. The highest BCUT2D eigenvalue weighted by Crippen LogP contribution is 2.24. The molecule has 5 nitrogen and oxygen atoms in total. The third-order valence-corrected chi connectivity index (χ3v) is 2.78. The number of rotatable bonds is 2. The first-order valence-electron chi connectivity index (χ1n) is 4.86. The predicted molar refractivity (Wildman–Crippen MR) is 48.3 cm³/mol. The molecule has 72 valence electrons. The van der Waals surface area contributed by atoms with E-state index in [0.717, 1.165) is 12.4 Å². The van der Waals surface area contributed by atoms with E-state index < -0.39 is 0 Å². The SMILES string of the molecule is CCN1CCC(c2nnn[nH]2)CC1. The third-order valence-electron chi connectivity index (χ3n) is 2.78. The number of likely N-dealkylation sites (tertiary alicyclic amines) is 1. The van der Waals surface area contributed by atoms with Crippen molar-refractivity contribution in [2.24, 2.45) is 0 Å². The van der Waals surface area contributed by atoms with Crippen LogP contribution in [0.4, 0.5) is 0 Å². The minimum Gasteiger partial charge on any atom is -0.304 e. The van der Waals surface area contributed by atoms with Crippen LogP contribution in [0.2, 0.25) is 0 Å². The minimum absolute atomic E-state index is 0.540. The van der Waals surface area contributed by atoms with Crippen LogP contribution in [0.1, 0.15) is 31.5 Å². The van der Waals surface area contributed by atoms with E-state index in [1.807, 2.05) is 0 Å². The highest BCUT2D eigenvalue weighted by atomic mass is 15.5. The summed E-state index contributed by atoms with van der Waals surface area (Å²) in [4.78, 5) is 2.46. The van der Waals surface area contributed by atoms with Crippen molar-refractivity contribution in [2.75, 3.05) is 19.6 Å². The topological polar surface area (TPSA) is 57.7 Å². The maximum Gasteiger partial charge on any atom is 0.151 e. The van der Waals surface area contributed by atoms with Crippen LogP contribution >= 0.6 is 0 Å². The summed E-state index contributed by atoms with van der Waals surface area (Å²) in [6.45, 7) is 5.70. The van der Waals surface area contributed by atoms with E-state index in [1.54, 1.807) is 0 Å². The summed E-state index contributed by atoms with van der Waals surface area (Å²) >= 11 is 0. The quantitative estimate of drug-likeness (QED) is 0.717. The molecule has 0 spiro atoms. The maximum atomic E-state index is 3.96. The molecule has 0 aliphatic carbocycles. The van der Waals surface area contributed by atoms with Crippen LogP contribution in [-0.2, 0) is 0 Å². The van der Waals surface area contributed by atoms with E-state index in [9.17, 15) is 0 Å². The monoisotopic (exact) mass is 181 g/mol. The largest absolute Gasteiger partial charge is 0.304 e. The van der Waals surface area contributed by atoms with Gasteiger partial charge in [-0.1, -0.05) is 6.92 Å². The van der Waals surface area contributed by atoms with Crippen molar-refractivity contribution in [1.29, 1.82) is 0 Å². The van der Waals surface area contributed by atoms with E-state index in [2.05, 4.69) is 32.4 Å². The van der Waals surface area contributed by atoms with Crippen molar-refractivity contribution >= 4 is 0 Å². The summed E-state index contributed by atoms with van der Waals surface area (Å²) in [6, 6.07) is 0. The van der Waals surface area contributed by atoms with Gasteiger partial charge in [0.2, 0.25) is 0 Å². The van der Waals surface area contributed by atoms with Gasteiger partial charge >= 0.3 is 0 Å². The zero-order valence-electron chi connectivity index (χ0n) is 7.90. The molecule has 0 atom stereocenters. The van der Waals surface area contributed by atoms with Gasteiger partial charge in [-0.2, -0.15) is 0 Å². The molecule has 0 aromatic carbocycles. The average Bonchev–Trinajstić information content (AvgIpc) is 2.71. The normalized spacial score (nSPS) is 20.7. The van der Waals surface area contributed by atoms with Crippen LogP contribution in [-0.4, -0.2) is 45.2 Å². The Morgan fingerprint density at radius 2 is 2.23 bits per heavy atom. The summed E-state index contributed by atoms with van der Waals surface area (Å²) in [5.74, 6) is 1.49. The summed E-state index contributed by atoms with van der Waals surface area (Å²) in [5.41, 5.74) is 0. The van der Waals surface area contributed by atoms with Gasteiger partial charge in [-0.05, 0) is 42.9 Å². The summed E-state index contributed by atoms with van der Waals surface area (Å²) < 4.78 is 0. The maximum absolute atomic E-state index is 3.96. The van der Waals surface area contributed by atoms with Crippen LogP contribution in [0.25, 0.3) is 0 Å². The van der Waals surface area contributed by atoms with Crippen LogP contribution in [0.5, 0.6) is 0 Å². The number of tetrazole rings is 1. The van der Waals surface area contributed by atoms with Crippen molar-refractivity contribution < 1.29 is 0 Å².